The first kappa shape index (κ1) is 13.5. The molecule has 3 aromatic rings. The van der Waals surface area contributed by atoms with Crippen LogP contribution in [-0.4, -0.2) is 20.7 Å². The Morgan fingerprint density at radius 2 is 2.13 bits per heavy atom. The molecule has 0 saturated heterocycles. The molecule has 0 fully saturated rings. The monoisotopic (exact) mass is 306 g/mol. The van der Waals surface area contributed by atoms with Gasteiger partial charge in [0.25, 0.3) is 0 Å². The van der Waals surface area contributed by atoms with E-state index in [0.717, 1.165) is 22.6 Å². The minimum Gasteiger partial charge on any atom is -0.488 e. The van der Waals surface area contributed by atoms with Crippen LogP contribution in [0.3, 0.4) is 0 Å². The predicted octanol–water partition coefficient (Wildman–Crippen LogP) is 2.48. The van der Waals surface area contributed by atoms with Gasteiger partial charge in [0.2, 0.25) is 5.91 Å². The van der Waals surface area contributed by atoms with Crippen molar-refractivity contribution in [1.82, 2.24) is 14.8 Å². The predicted molar refractivity (Wildman–Crippen MR) is 84.9 cm³/mol. The third-order valence-electron chi connectivity index (χ3n) is 3.68. The summed E-state index contributed by atoms with van der Waals surface area (Å²) in [5.41, 5.74) is 3.55. The van der Waals surface area contributed by atoms with Crippen LogP contribution in [-0.2, 0) is 17.9 Å². The van der Waals surface area contributed by atoms with E-state index < -0.39 is 0 Å². The van der Waals surface area contributed by atoms with E-state index in [1.54, 1.807) is 35.4 Å². The molecule has 3 heterocycles. The molecule has 114 valence electrons. The molecule has 0 bridgehead atoms. The quantitative estimate of drug-likeness (QED) is 0.807. The van der Waals surface area contributed by atoms with Crippen molar-refractivity contribution in [2.24, 2.45) is 0 Å². The number of hydrogen-bond acceptors (Lipinski definition) is 4. The van der Waals surface area contributed by atoms with Gasteiger partial charge in [0, 0.05) is 17.3 Å². The lowest BCUT2D eigenvalue weighted by atomic mass is 10.0. The second kappa shape index (κ2) is 5.57. The van der Waals surface area contributed by atoms with Crippen LogP contribution in [0.2, 0.25) is 0 Å². The zero-order valence-corrected chi connectivity index (χ0v) is 12.3. The summed E-state index contributed by atoms with van der Waals surface area (Å²) in [6.45, 7) is 0.606. The van der Waals surface area contributed by atoms with Gasteiger partial charge in [-0.2, -0.15) is 5.10 Å². The summed E-state index contributed by atoms with van der Waals surface area (Å²) in [5, 5.41) is 7.16. The van der Waals surface area contributed by atoms with E-state index in [2.05, 4.69) is 15.4 Å². The third-order valence-corrected chi connectivity index (χ3v) is 3.68. The molecule has 0 unspecified atom stereocenters. The summed E-state index contributed by atoms with van der Waals surface area (Å²) >= 11 is 0. The van der Waals surface area contributed by atoms with E-state index in [1.807, 2.05) is 24.3 Å². The van der Waals surface area contributed by atoms with Crippen molar-refractivity contribution in [3.63, 3.8) is 0 Å². The number of carbonyl (C=O) groups excluding carboxylic acids is 1. The molecule has 0 atom stereocenters. The van der Waals surface area contributed by atoms with E-state index >= 15 is 0 Å². The molecular formula is C17H14N4O2. The molecule has 6 heteroatoms. The molecule has 2 aromatic heterocycles. The second-order valence-electron chi connectivity index (χ2n) is 5.25. The first-order valence-electron chi connectivity index (χ1n) is 7.28. The number of aromatic nitrogens is 3. The maximum atomic E-state index is 12.2. The van der Waals surface area contributed by atoms with Crippen molar-refractivity contribution < 1.29 is 9.53 Å². The fourth-order valence-corrected chi connectivity index (χ4v) is 2.68. The SMILES string of the molecule is O=C(Cn1ncc2c1-c1ccccc1OC2)Nc1cccnc1. The van der Waals surface area contributed by atoms with Crippen molar-refractivity contribution in [2.45, 2.75) is 13.2 Å². The van der Waals surface area contributed by atoms with Gasteiger partial charge in [0.1, 0.15) is 18.9 Å². The summed E-state index contributed by atoms with van der Waals surface area (Å²) in [7, 11) is 0. The number of hydrogen-bond donors (Lipinski definition) is 1. The van der Waals surface area contributed by atoms with Gasteiger partial charge in [-0.05, 0) is 24.3 Å². The largest absolute Gasteiger partial charge is 0.488 e. The summed E-state index contributed by atoms with van der Waals surface area (Å²) < 4.78 is 7.41. The number of amides is 1. The smallest absolute Gasteiger partial charge is 0.246 e. The Bertz CT molecular complexity index is 858. The van der Waals surface area contributed by atoms with Gasteiger partial charge < -0.3 is 10.1 Å². The Morgan fingerprint density at radius 3 is 3.00 bits per heavy atom. The Hall–Kier alpha value is -3.15. The molecule has 0 spiro atoms. The zero-order valence-electron chi connectivity index (χ0n) is 12.3. The van der Waals surface area contributed by atoms with E-state index in [0.29, 0.717) is 12.3 Å². The Morgan fingerprint density at radius 1 is 1.22 bits per heavy atom. The molecule has 6 nitrogen and oxygen atoms in total. The van der Waals surface area contributed by atoms with Gasteiger partial charge in [-0.1, -0.05) is 12.1 Å². The summed E-state index contributed by atoms with van der Waals surface area (Å²) in [5.74, 6) is 0.669. The number of para-hydroxylation sites is 1. The van der Waals surface area contributed by atoms with Crippen LogP contribution in [0.15, 0.2) is 55.0 Å². The van der Waals surface area contributed by atoms with E-state index in [1.165, 1.54) is 0 Å². The Labute approximate surface area is 132 Å². The van der Waals surface area contributed by atoms with Gasteiger partial charge in [-0.3, -0.25) is 14.5 Å². The van der Waals surface area contributed by atoms with Crippen LogP contribution in [0.5, 0.6) is 5.75 Å². The molecule has 0 radical (unpaired) electrons. The molecule has 1 aliphatic heterocycles. The van der Waals surface area contributed by atoms with Gasteiger partial charge >= 0.3 is 0 Å². The normalized spacial score (nSPS) is 12.0. The number of ether oxygens (including phenoxy) is 1. The average molecular weight is 306 g/mol. The number of benzene rings is 1. The van der Waals surface area contributed by atoms with Crippen molar-refractivity contribution in [3.05, 3.63) is 60.6 Å². The van der Waals surface area contributed by atoms with Crippen molar-refractivity contribution in [3.8, 4) is 17.0 Å². The molecule has 1 aromatic carbocycles. The topological polar surface area (TPSA) is 69.0 Å². The highest BCUT2D eigenvalue weighted by Gasteiger charge is 2.22. The maximum Gasteiger partial charge on any atom is 0.246 e. The average Bonchev–Trinajstić information content (AvgIpc) is 2.99. The number of carbonyl (C=O) groups is 1. The number of rotatable bonds is 3. The van der Waals surface area contributed by atoms with E-state index in [-0.39, 0.29) is 12.5 Å². The summed E-state index contributed by atoms with van der Waals surface area (Å²) in [6, 6.07) is 11.4. The lowest BCUT2D eigenvalue weighted by Gasteiger charge is -2.19. The van der Waals surface area contributed by atoms with Crippen molar-refractivity contribution >= 4 is 11.6 Å². The first-order chi connectivity index (χ1) is 11.3. The highest BCUT2D eigenvalue weighted by molar-refractivity contribution is 5.90. The molecule has 1 aliphatic rings. The summed E-state index contributed by atoms with van der Waals surface area (Å²) in [4.78, 5) is 16.2. The Balaban J connectivity index is 1.60. The van der Waals surface area contributed by atoms with Crippen LogP contribution in [0.25, 0.3) is 11.3 Å². The second-order valence-corrected chi connectivity index (χ2v) is 5.25. The lowest BCUT2D eigenvalue weighted by molar-refractivity contribution is -0.116. The van der Waals surface area contributed by atoms with Crippen molar-refractivity contribution in [2.75, 3.05) is 5.32 Å². The molecule has 4 rings (SSSR count). The van der Waals surface area contributed by atoms with Crippen LogP contribution < -0.4 is 10.1 Å². The van der Waals surface area contributed by atoms with Crippen LogP contribution >= 0.6 is 0 Å². The fourth-order valence-electron chi connectivity index (χ4n) is 2.68. The third kappa shape index (κ3) is 2.55. The molecule has 0 saturated carbocycles. The van der Waals surface area contributed by atoms with Crippen LogP contribution in [0.4, 0.5) is 5.69 Å². The Kier molecular flexibility index (Phi) is 3.27. The number of anilines is 1. The lowest BCUT2D eigenvalue weighted by Crippen LogP contribution is -2.20. The highest BCUT2D eigenvalue weighted by atomic mass is 16.5. The minimum atomic E-state index is -0.145. The van der Waals surface area contributed by atoms with Crippen molar-refractivity contribution in [1.29, 1.82) is 0 Å². The molecular weight excluding hydrogens is 292 g/mol. The molecule has 23 heavy (non-hydrogen) atoms. The molecule has 0 aliphatic carbocycles. The number of fused-ring (bicyclic) bond motifs is 3. The molecule has 1 amide bonds. The standard InChI is InChI=1S/C17H14N4O2/c22-16(20-13-4-3-7-18-9-13)10-21-17-12(8-19-21)11-23-15-6-2-1-5-14(15)17/h1-9H,10-11H2,(H,20,22). The minimum absolute atomic E-state index is 0.137. The fraction of sp³-hybridized carbons (Fsp3) is 0.118. The highest BCUT2D eigenvalue weighted by Crippen LogP contribution is 2.36. The number of nitrogens with one attached hydrogen (secondary N) is 1. The molecule has 1 N–H and O–H groups in total. The van der Waals surface area contributed by atoms with E-state index in [9.17, 15) is 4.79 Å². The van der Waals surface area contributed by atoms with Gasteiger partial charge in [-0.25, -0.2) is 0 Å². The van der Waals surface area contributed by atoms with Gasteiger partial charge in [0.05, 0.1) is 23.8 Å². The van der Waals surface area contributed by atoms with Gasteiger partial charge in [-0.15, -0.1) is 0 Å². The number of nitrogens with zero attached hydrogens (tertiary/aromatic N) is 3. The van der Waals surface area contributed by atoms with Crippen LogP contribution in [0.1, 0.15) is 5.56 Å². The van der Waals surface area contributed by atoms with Crippen LogP contribution in [0, 0.1) is 0 Å². The zero-order chi connectivity index (χ0) is 15.6. The maximum absolute atomic E-state index is 12.2. The number of pyridine rings is 1. The van der Waals surface area contributed by atoms with E-state index in [4.69, 9.17) is 4.74 Å². The summed E-state index contributed by atoms with van der Waals surface area (Å²) in [6.07, 6.45) is 5.03. The first-order valence-corrected chi connectivity index (χ1v) is 7.28. The van der Waals surface area contributed by atoms with Gasteiger partial charge in [0.15, 0.2) is 0 Å².